The molecule has 2 aromatic carbocycles. The Morgan fingerprint density at radius 3 is 1.92 bits per heavy atom. The molecule has 0 unspecified atom stereocenters. The Morgan fingerprint density at radius 1 is 0.960 bits per heavy atom. The number of ether oxygens (including phenoxy) is 3. The van der Waals surface area contributed by atoms with Crippen LogP contribution >= 0.6 is 0 Å². The summed E-state index contributed by atoms with van der Waals surface area (Å²) in [6.07, 6.45) is 0. The third-order valence-corrected chi connectivity index (χ3v) is 4.69. The van der Waals surface area contributed by atoms with Gasteiger partial charge in [0.05, 0.1) is 26.2 Å². The molecule has 0 aliphatic heterocycles. The number of anilines is 1. The molecule has 0 atom stereocenters. The second kappa shape index (κ2) is 7.31. The zero-order valence-corrected chi connectivity index (χ0v) is 14.7. The van der Waals surface area contributed by atoms with E-state index in [0.29, 0.717) is 11.4 Å². The summed E-state index contributed by atoms with van der Waals surface area (Å²) in [5.41, 5.74) is 5.98. The van der Waals surface area contributed by atoms with Crippen LogP contribution in [0.3, 0.4) is 0 Å². The summed E-state index contributed by atoms with van der Waals surface area (Å²) in [7, 11) is 0.161. The van der Waals surface area contributed by atoms with Crippen molar-refractivity contribution in [3.8, 4) is 17.2 Å². The number of nitrogens with one attached hydrogen (secondary N) is 1. The zero-order valence-electron chi connectivity index (χ0n) is 13.9. The lowest BCUT2D eigenvalue weighted by Gasteiger charge is -2.14. The summed E-state index contributed by atoms with van der Waals surface area (Å²) >= 11 is 0. The molecule has 0 saturated carbocycles. The third kappa shape index (κ3) is 3.94. The number of carbonyl (C=O) groups is 1. The average Bonchev–Trinajstić information content (AvgIpc) is 2.60. The van der Waals surface area contributed by atoms with E-state index in [1.807, 2.05) is 4.72 Å². The average molecular weight is 366 g/mol. The Balaban J connectivity index is 2.36. The summed E-state index contributed by atoms with van der Waals surface area (Å²) in [4.78, 5) is 12.3. The largest absolute Gasteiger partial charge is 0.493 e. The van der Waals surface area contributed by atoms with Crippen molar-refractivity contribution in [1.29, 1.82) is 0 Å². The van der Waals surface area contributed by atoms with Crippen LogP contribution < -0.4 is 24.7 Å². The minimum absolute atomic E-state index is 0.0357. The standard InChI is InChI=1S/C16H18N2O6S/c1-22-13-8-10(9-14(23-2)15(13)24-3)16(19)18-25(20,21)12-6-4-11(17)5-7-12/h4-9H,17H2,1-3H3,(H,18,19). The normalized spacial score (nSPS) is 10.8. The van der Waals surface area contributed by atoms with Crippen LogP contribution in [-0.2, 0) is 10.0 Å². The maximum Gasteiger partial charge on any atom is 0.265 e. The quantitative estimate of drug-likeness (QED) is 0.742. The summed E-state index contributed by atoms with van der Waals surface area (Å²) in [6, 6.07) is 8.18. The number of hydrogen-bond donors (Lipinski definition) is 2. The fourth-order valence-corrected chi connectivity index (χ4v) is 3.07. The van der Waals surface area contributed by atoms with Crippen molar-refractivity contribution in [2.24, 2.45) is 0 Å². The topological polar surface area (TPSA) is 117 Å². The van der Waals surface area contributed by atoms with Crippen LogP contribution in [0.2, 0.25) is 0 Å². The molecule has 0 heterocycles. The van der Waals surface area contributed by atoms with Gasteiger partial charge in [0, 0.05) is 11.3 Å². The lowest BCUT2D eigenvalue weighted by atomic mass is 10.1. The molecule has 2 aromatic rings. The molecule has 8 nitrogen and oxygen atoms in total. The van der Waals surface area contributed by atoms with Gasteiger partial charge in [-0.25, -0.2) is 13.1 Å². The maximum atomic E-state index is 12.4. The monoisotopic (exact) mass is 366 g/mol. The molecular weight excluding hydrogens is 348 g/mol. The molecule has 0 radical (unpaired) electrons. The number of rotatable bonds is 6. The summed E-state index contributed by atoms with van der Waals surface area (Å²) in [5, 5.41) is 0. The highest BCUT2D eigenvalue weighted by Crippen LogP contribution is 2.38. The Kier molecular flexibility index (Phi) is 5.38. The number of nitrogens with two attached hydrogens (primary N) is 1. The number of nitrogen functional groups attached to an aromatic ring is 1. The molecule has 0 spiro atoms. The first-order chi connectivity index (χ1) is 11.8. The highest BCUT2D eigenvalue weighted by Gasteiger charge is 2.22. The van der Waals surface area contributed by atoms with Crippen LogP contribution in [0.4, 0.5) is 5.69 Å². The van der Waals surface area contributed by atoms with E-state index in [9.17, 15) is 13.2 Å². The van der Waals surface area contributed by atoms with Crippen molar-refractivity contribution in [2.75, 3.05) is 27.1 Å². The van der Waals surface area contributed by atoms with Crippen molar-refractivity contribution >= 4 is 21.6 Å². The van der Waals surface area contributed by atoms with Crippen molar-refractivity contribution in [3.05, 3.63) is 42.0 Å². The zero-order chi connectivity index (χ0) is 18.6. The van der Waals surface area contributed by atoms with Crippen LogP contribution in [-0.4, -0.2) is 35.7 Å². The first-order valence-corrected chi connectivity index (χ1v) is 8.53. The van der Waals surface area contributed by atoms with E-state index in [2.05, 4.69) is 0 Å². The Morgan fingerprint density at radius 2 is 1.48 bits per heavy atom. The number of hydrogen-bond acceptors (Lipinski definition) is 7. The molecule has 0 fully saturated rings. The van der Waals surface area contributed by atoms with E-state index in [0.717, 1.165) is 0 Å². The number of methoxy groups -OCH3 is 3. The van der Waals surface area contributed by atoms with Gasteiger partial charge in [0.1, 0.15) is 0 Å². The second-order valence-electron chi connectivity index (χ2n) is 4.92. The van der Waals surface area contributed by atoms with Gasteiger partial charge in [-0.15, -0.1) is 0 Å². The molecule has 9 heteroatoms. The summed E-state index contributed by atoms with van der Waals surface area (Å²) in [5.74, 6) is -0.0761. The van der Waals surface area contributed by atoms with Crippen LogP contribution in [0.25, 0.3) is 0 Å². The van der Waals surface area contributed by atoms with Crippen LogP contribution in [0, 0.1) is 0 Å². The molecule has 0 saturated heterocycles. The van der Waals surface area contributed by atoms with Gasteiger partial charge in [-0.05, 0) is 36.4 Å². The predicted molar refractivity (Wildman–Crippen MR) is 91.6 cm³/mol. The van der Waals surface area contributed by atoms with Crippen LogP contribution in [0.15, 0.2) is 41.3 Å². The first kappa shape index (κ1) is 18.4. The fraction of sp³-hybridized carbons (Fsp3) is 0.188. The Bertz CT molecular complexity index is 853. The Hall–Kier alpha value is -2.94. The van der Waals surface area contributed by atoms with Gasteiger partial charge in [-0.2, -0.15) is 0 Å². The molecule has 0 aromatic heterocycles. The number of sulfonamides is 1. The Labute approximate surface area is 145 Å². The number of benzene rings is 2. The van der Waals surface area contributed by atoms with Crippen LogP contribution in [0.5, 0.6) is 17.2 Å². The molecule has 0 aliphatic carbocycles. The van der Waals surface area contributed by atoms with Crippen molar-refractivity contribution in [3.63, 3.8) is 0 Å². The van der Waals surface area contributed by atoms with Gasteiger partial charge >= 0.3 is 0 Å². The van der Waals surface area contributed by atoms with E-state index in [1.165, 1.54) is 57.7 Å². The lowest BCUT2D eigenvalue weighted by Crippen LogP contribution is -2.30. The molecule has 2 rings (SSSR count). The SMILES string of the molecule is COc1cc(C(=O)NS(=O)(=O)c2ccc(N)cc2)cc(OC)c1OC. The van der Waals surface area contributed by atoms with Crippen molar-refractivity contribution < 1.29 is 27.4 Å². The van der Waals surface area contributed by atoms with Gasteiger partial charge < -0.3 is 19.9 Å². The lowest BCUT2D eigenvalue weighted by molar-refractivity contribution is 0.0980. The minimum atomic E-state index is -4.05. The van der Waals surface area contributed by atoms with Crippen molar-refractivity contribution in [1.82, 2.24) is 4.72 Å². The first-order valence-electron chi connectivity index (χ1n) is 7.05. The van der Waals surface area contributed by atoms with Crippen molar-refractivity contribution in [2.45, 2.75) is 4.90 Å². The molecule has 1 amide bonds. The van der Waals surface area contributed by atoms with Gasteiger partial charge in [-0.1, -0.05) is 0 Å². The highest BCUT2D eigenvalue weighted by atomic mass is 32.2. The fourth-order valence-electron chi connectivity index (χ4n) is 2.10. The molecule has 3 N–H and O–H groups in total. The maximum absolute atomic E-state index is 12.4. The number of amides is 1. The van der Waals surface area contributed by atoms with Gasteiger partial charge in [0.2, 0.25) is 5.75 Å². The molecule has 134 valence electrons. The molecular formula is C16H18N2O6S. The highest BCUT2D eigenvalue weighted by molar-refractivity contribution is 7.90. The number of carbonyl (C=O) groups excluding carboxylic acids is 1. The van der Waals surface area contributed by atoms with E-state index in [1.54, 1.807) is 0 Å². The smallest absolute Gasteiger partial charge is 0.265 e. The minimum Gasteiger partial charge on any atom is -0.493 e. The van der Waals surface area contributed by atoms with Gasteiger partial charge in [0.15, 0.2) is 11.5 Å². The van der Waals surface area contributed by atoms with Crippen LogP contribution in [0.1, 0.15) is 10.4 Å². The second-order valence-corrected chi connectivity index (χ2v) is 6.60. The van der Waals surface area contributed by atoms with E-state index in [-0.39, 0.29) is 22.0 Å². The third-order valence-electron chi connectivity index (χ3n) is 3.34. The molecule has 0 bridgehead atoms. The summed E-state index contributed by atoms with van der Waals surface area (Å²) < 4.78 is 42.0. The van der Waals surface area contributed by atoms with Gasteiger partial charge in [-0.3, -0.25) is 4.79 Å². The molecule has 25 heavy (non-hydrogen) atoms. The van der Waals surface area contributed by atoms with E-state index >= 15 is 0 Å². The van der Waals surface area contributed by atoms with Gasteiger partial charge in [0.25, 0.3) is 15.9 Å². The van der Waals surface area contributed by atoms with E-state index < -0.39 is 15.9 Å². The molecule has 0 aliphatic rings. The van der Waals surface area contributed by atoms with E-state index in [4.69, 9.17) is 19.9 Å². The summed E-state index contributed by atoms with van der Waals surface area (Å²) in [6.45, 7) is 0. The predicted octanol–water partition coefficient (Wildman–Crippen LogP) is 1.41.